The number of anilines is 1. The Kier molecular flexibility index (Phi) is 4.37. The van der Waals surface area contributed by atoms with Crippen molar-refractivity contribution in [3.8, 4) is 5.75 Å². The summed E-state index contributed by atoms with van der Waals surface area (Å²) in [7, 11) is 0. The number of nitrogens with two attached hydrogens (primary N) is 1. The predicted molar refractivity (Wildman–Crippen MR) is 48.0 cm³/mol. The molecular formula is C7H9CaNO3. The Morgan fingerprint density at radius 2 is 2.00 bits per heavy atom. The van der Waals surface area contributed by atoms with Crippen LogP contribution in [0.15, 0.2) is 18.2 Å². The molecule has 0 aromatic heterocycles. The number of phenols is 1. The molecule has 4 N–H and O–H groups in total. The van der Waals surface area contributed by atoms with Crippen LogP contribution in [0.25, 0.3) is 0 Å². The van der Waals surface area contributed by atoms with Crippen molar-refractivity contribution in [2.45, 2.75) is 0 Å². The Hall–Kier alpha value is -0.450. The molecule has 1 aromatic rings. The minimum absolute atomic E-state index is 0. The average Bonchev–Trinajstić information content (AvgIpc) is 1.94. The van der Waals surface area contributed by atoms with Crippen molar-refractivity contribution in [3.63, 3.8) is 0 Å². The summed E-state index contributed by atoms with van der Waals surface area (Å²) in [5.74, 6) is -1.56. The molecule has 0 aliphatic carbocycles. The zero-order valence-corrected chi connectivity index (χ0v) is 5.61. The number of carbonyl (C=O) groups is 1. The summed E-state index contributed by atoms with van der Waals surface area (Å²) in [6, 6.07) is 4.19. The zero-order chi connectivity index (χ0) is 8.43. The van der Waals surface area contributed by atoms with Crippen LogP contribution in [0.5, 0.6) is 5.75 Å². The number of para-hydroxylation sites is 1. The van der Waals surface area contributed by atoms with E-state index in [9.17, 15) is 4.79 Å². The number of hydrogen-bond acceptors (Lipinski definition) is 3. The molecule has 0 amide bonds. The summed E-state index contributed by atoms with van der Waals surface area (Å²) in [6.45, 7) is 0. The van der Waals surface area contributed by atoms with Gasteiger partial charge in [0, 0.05) is 0 Å². The fourth-order valence-electron chi connectivity index (χ4n) is 0.734. The number of rotatable bonds is 1. The molecule has 0 atom stereocenters. The quantitative estimate of drug-likeness (QED) is 0.328. The monoisotopic (exact) mass is 195 g/mol. The number of carboxylic acids is 1. The van der Waals surface area contributed by atoms with E-state index in [0.29, 0.717) is 0 Å². The third kappa shape index (κ3) is 2.27. The Morgan fingerprint density at radius 3 is 2.42 bits per heavy atom. The fraction of sp³-hybridized carbons (Fsp3) is 0. The molecule has 0 aliphatic rings. The van der Waals surface area contributed by atoms with E-state index in [1.165, 1.54) is 18.2 Å². The third-order valence-corrected chi connectivity index (χ3v) is 1.30. The van der Waals surface area contributed by atoms with Crippen LogP contribution in [0.2, 0.25) is 0 Å². The molecule has 1 rings (SSSR count). The summed E-state index contributed by atoms with van der Waals surface area (Å²) < 4.78 is 0. The van der Waals surface area contributed by atoms with Gasteiger partial charge in [0.25, 0.3) is 0 Å². The number of carboxylic acid groups (broad SMARTS) is 1. The first-order valence-electron chi connectivity index (χ1n) is 2.93. The third-order valence-electron chi connectivity index (χ3n) is 1.30. The molecule has 0 spiro atoms. The second-order valence-electron chi connectivity index (χ2n) is 2.05. The van der Waals surface area contributed by atoms with Crippen LogP contribution >= 0.6 is 0 Å². The van der Waals surface area contributed by atoms with Gasteiger partial charge in [-0.2, -0.15) is 0 Å². The number of hydrogen-bond donors (Lipinski definition) is 3. The van der Waals surface area contributed by atoms with E-state index in [-0.39, 0.29) is 54.7 Å². The first-order chi connectivity index (χ1) is 5.13. The molecule has 0 heterocycles. The minimum atomic E-state index is -1.19. The van der Waals surface area contributed by atoms with Crippen LogP contribution < -0.4 is 5.73 Å². The fourth-order valence-corrected chi connectivity index (χ4v) is 0.734. The zero-order valence-electron chi connectivity index (χ0n) is 5.61. The van der Waals surface area contributed by atoms with Crippen LogP contribution in [0.1, 0.15) is 10.4 Å². The van der Waals surface area contributed by atoms with Crippen molar-refractivity contribution in [2.24, 2.45) is 0 Å². The van der Waals surface area contributed by atoms with Crippen LogP contribution in [-0.2, 0) is 0 Å². The molecule has 4 nitrogen and oxygen atoms in total. The van der Waals surface area contributed by atoms with Crippen LogP contribution in [0.4, 0.5) is 5.69 Å². The number of aromatic carboxylic acids is 1. The standard InChI is InChI=1S/C7H7NO3.Ca.2H/c8-5-3-1-2-4(6(5)9)7(10)11;;;/h1-3,9H,8H2,(H,10,11);;;. The summed E-state index contributed by atoms with van der Waals surface area (Å²) >= 11 is 0. The molecule has 62 valence electrons. The van der Waals surface area contributed by atoms with E-state index >= 15 is 0 Å². The van der Waals surface area contributed by atoms with Gasteiger partial charge >= 0.3 is 43.7 Å². The Balaban J connectivity index is 0.00000121. The molecule has 5 heteroatoms. The molecular weight excluding hydrogens is 186 g/mol. The van der Waals surface area contributed by atoms with Gasteiger partial charge in [0.15, 0.2) is 5.75 Å². The van der Waals surface area contributed by atoms with Crippen molar-refractivity contribution < 1.29 is 15.0 Å². The first kappa shape index (κ1) is 11.5. The van der Waals surface area contributed by atoms with E-state index in [1.54, 1.807) is 0 Å². The molecule has 12 heavy (non-hydrogen) atoms. The Bertz CT molecular complexity index is 301. The van der Waals surface area contributed by atoms with Gasteiger partial charge in [-0.15, -0.1) is 0 Å². The number of benzene rings is 1. The van der Waals surface area contributed by atoms with Gasteiger partial charge in [-0.25, -0.2) is 4.79 Å². The molecule has 1 aromatic carbocycles. The molecule has 0 radical (unpaired) electrons. The molecule has 0 unspecified atom stereocenters. The maximum absolute atomic E-state index is 10.4. The molecule has 0 bridgehead atoms. The number of nitrogen functional groups attached to an aromatic ring is 1. The summed E-state index contributed by atoms with van der Waals surface area (Å²) in [5, 5.41) is 17.5. The van der Waals surface area contributed by atoms with Gasteiger partial charge in [-0.05, 0) is 12.1 Å². The summed E-state index contributed by atoms with van der Waals surface area (Å²) in [4.78, 5) is 10.4. The van der Waals surface area contributed by atoms with Gasteiger partial charge < -0.3 is 15.9 Å². The topological polar surface area (TPSA) is 83.6 Å². The molecule has 0 saturated carbocycles. The molecule has 0 aliphatic heterocycles. The Morgan fingerprint density at radius 1 is 1.42 bits per heavy atom. The van der Waals surface area contributed by atoms with Crippen LogP contribution in [0, 0.1) is 0 Å². The van der Waals surface area contributed by atoms with Crippen molar-refractivity contribution in [1.82, 2.24) is 0 Å². The SMILES string of the molecule is Nc1cccc(C(=O)O)c1O.[CaH2]. The van der Waals surface area contributed by atoms with E-state index in [2.05, 4.69) is 0 Å². The van der Waals surface area contributed by atoms with Gasteiger partial charge in [-0.1, -0.05) is 6.07 Å². The average molecular weight is 195 g/mol. The second-order valence-corrected chi connectivity index (χ2v) is 2.05. The number of aromatic hydroxyl groups is 1. The van der Waals surface area contributed by atoms with Crippen molar-refractivity contribution in [2.75, 3.05) is 5.73 Å². The predicted octanol–water partition coefficient (Wildman–Crippen LogP) is -0.244. The van der Waals surface area contributed by atoms with E-state index in [4.69, 9.17) is 15.9 Å². The van der Waals surface area contributed by atoms with Gasteiger partial charge in [0.1, 0.15) is 5.56 Å². The van der Waals surface area contributed by atoms with E-state index in [1.807, 2.05) is 0 Å². The maximum atomic E-state index is 10.4. The van der Waals surface area contributed by atoms with Gasteiger partial charge in [0.2, 0.25) is 0 Å². The summed E-state index contributed by atoms with van der Waals surface area (Å²) in [5.41, 5.74) is 5.14. The van der Waals surface area contributed by atoms with Crippen LogP contribution in [-0.4, -0.2) is 53.9 Å². The normalized spacial score (nSPS) is 8.67. The molecule has 0 saturated heterocycles. The molecule has 0 fully saturated rings. The van der Waals surface area contributed by atoms with Gasteiger partial charge in [0.05, 0.1) is 5.69 Å². The van der Waals surface area contributed by atoms with Crippen LogP contribution in [0.3, 0.4) is 0 Å². The van der Waals surface area contributed by atoms with E-state index in [0.717, 1.165) is 0 Å². The van der Waals surface area contributed by atoms with Crippen molar-refractivity contribution in [1.29, 1.82) is 0 Å². The van der Waals surface area contributed by atoms with Crippen molar-refractivity contribution >= 4 is 49.4 Å². The second kappa shape index (κ2) is 4.54. The first-order valence-corrected chi connectivity index (χ1v) is 2.93. The van der Waals surface area contributed by atoms with Gasteiger partial charge in [-0.3, -0.25) is 0 Å². The van der Waals surface area contributed by atoms with E-state index < -0.39 is 5.97 Å². The van der Waals surface area contributed by atoms with Crippen molar-refractivity contribution in [3.05, 3.63) is 23.8 Å². The summed E-state index contributed by atoms with van der Waals surface area (Å²) in [6.07, 6.45) is 0. The Labute approximate surface area is 99.0 Å².